The first-order chi connectivity index (χ1) is 11.5. The van der Waals surface area contributed by atoms with E-state index in [2.05, 4.69) is 41.6 Å². The number of nitrogens with one attached hydrogen (secondary N) is 2. The van der Waals surface area contributed by atoms with Gasteiger partial charge in [-0.2, -0.15) is 10.1 Å². The summed E-state index contributed by atoms with van der Waals surface area (Å²) in [6.45, 7) is 0.575. The summed E-state index contributed by atoms with van der Waals surface area (Å²) in [5.74, 6) is 0.525. The van der Waals surface area contributed by atoms with Crippen LogP contribution >= 0.6 is 27.5 Å². The molecule has 0 saturated heterocycles. The van der Waals surface area contributed by atoms with Gasteiger partial charge in [-0.25, -0.2) is 9.37 Å². The van der Waals surface area contributed by atoms with Crippen molar-refractivity contribution >= 4 is 45.0 Å². The van der Waals surface area contributed by atoms with Gasteiger partial charge in [0, 0.05) is 37.2 Å². The molecule has 0 amide bonds. The van der Waals surface area contributed by atoms with E-state index in [0.29, 0.717) is 24.0 Å². The molecule has 2 heterocycles. The molecule has 124 valence electrons. The van der Waals surface area contributed by atoms with Crippen molar-refractivity contribution < 1.29 is 4.39 Å². The van der Waals surface area contributed by atoms with E-state index in [4.69, 9.17) is 11.6 Å². The number of aromatic nitrogens is 4. The van der Waals surface area contributed by atoms with Crippen molar-refractivity contribution in [2.75, 3.05) is 10.6 Å². The van der Waals surface area contributed by atoms with Crippen LogP contribution in [-0.4, -0.2) is 19.7 Å². The second-order valence-corrected chi connectivity index (χ2v) is 6.28. The molecule has 2 aromatic heterocycles. The van der Waals surface area contributed by atoms with E-state index in [1.165, 1.54) is 12.1 Å². The highest BCUT2D eigenvalue weighted by atomic mass is 79.9. The van der Waals surface area contributed by atoms with Gasteiger partial charge in [-0.15, -0.1) is 0 Å². The van der Waals surface area contributed by atoms with E-state index in [9.17, 15) is 4.39 Å². The molecular formula is C15H13BrClFN6. The maximum absolute atomic E-state index is 13.2. The van der Waals surface area contributed by atoms with Crippen LogP contribution in [0.25, 0.3) is 0 Å². The molecule has 6 nitrogen and oxygen atoms in total. The number of rotatable bonds is 5. The van der Waals surface area contributed by atoms with Crippen molar-refractivity contribution in [3.8, 4) is 0 Å². The lowest BCUT2D eigenvalue weighted by molar-refractivity contribution is 0.628. The fraction of sp³-hybridized carbons (Fsp3) is 0.133. The molecule has 24 heavy (non-hydrogen) atoms. The average molecular weight is 412 g/mol. The first-order valence-corrected chi connectivity index (χ1v) is 8.14. The summed E-state index contributed by atoms with van der Waals surface area (Å²) in [7, 11) is 1.86. The highest BCUT2D eigenvalue weighted by Crippen LogP contribution is 2.24. The Hall–Kier alpha value is -2.19. The van der Waals surface area contributed by atoms with Crippen molar-refractivity contribution in [3.63, 3.8) is 0 Å². The Morgan fingerprint density at radius 2 is 2.17 bits per heavy atom. The standard InChI is InChI=1S/C15H13BrClFN6/c1-24-8-9(6-21-24)5-19-14-11(16)7-20-15(23-14)22-10-2-3-13(18)12(17)4-10/h2-4,6-8H,5H2,1H3,(H2,19,20,22,23). The number of anilines is 3. The van der Waals surface area contributed by atoms with Gasteiger partial charge in [-0.3, -0.25) is 4.68 Å². The van der Waals surface area contributed by atoms with Crippen LogP contribution in [0.15, 0.2) is 41.3 Å². The molecule has 0 aliphatic heterocycles. The fourth-order valence-electron chi connectivity index (χ4n) is 2.00. The monoisotopic (exact) mass is 410 g/mol. The van der Waals surface area contributed by atoms with Crippen LogP contribution in [0.1, 0.15) is 5.56 Å². The summed E-state index contributed by atoms with van der Waals surface area (Å²) in [5.41, 5.74) is 1.63. The van der Waals surface area contributed by atoms with Crippen molar-refractivity contribution in [2.24, 2.45) is 7.05 Å². The molecule has 0 aliphatic rings. The summed E-state index contributed by atoms with van der Waals surface area (Å²) in [6.07, 6.45) is 5.33. The van der Waals surface area contributed by atoms with Crippen LogP contribution in [0.5, 0.6) is 0 Å². The van der Waals surface area contributed by atoms with Crippen LogP contribution in [0.2, 0.25) is 5.02 Å². The third-order valence-corrected chi connectivity index (χ3v) is 4.01. The molecule has 0 bridgehead atoms. The van der Waals surface area contributed by atoms with E-state index < -0.39 is 5.82 Å². The quantitative estimate of drug-likeness (QED) is 0.661. The van der Waals surface area contributed by atoms with Gasteiger partial charge < -0.3 is 10.6 Å². The molecule has 3 aromatic rings. The van der Waals surface area contributed by atoms with Gasteiger partial charge in [0.1, 0.15) is 11.6 Å². The van der Waals surface area contributed by atoms with E-state index >= 15 is 0 Å². The normalized spacial score (nSPS) is 10.7. The Bertz CT molecular complexity index is 869. The minimum absolute atomic E-state index is 0.0343. The molecule has 3 rings (SSSR count). The lowest BCUT2D eigenvalue weighted by Crippen LogP contribution is -2.05. The summed E-state index contributed by atoms with van der Waals surface area (Å²) >= 11 is 9.18. The molecule has 0 radical (unpaired) electrons. The molecular weight excluding hydrogens is 399 g/mol. The predicted octanol–water partition coefficient (Wildman–Crippen LogP) is 4.12. The maximum atomic E-state index is 13.2. The summed E-state index contributed by atoms with van der Waals surface area (Å²) < 4.78 is 15.7. The number of aryl methyl sites for hydroxylation is 1. The van der Waals surface area contributed by atoms with E-state index in [1.54, 1.807) is 23.1 Å². The Labute approximate surface area is 151 Å². The molecule has 2 N–H and O–H groups in total. The molecule has 0 aliphatic carbocycles. The number of hydrogen-bond acceptors (Lipinski definition) is 5. The largest absolute Gasteiger partial charge is 0.365 e. The lowest BCUT2D eigenvalue weighted by atomic mass is 10.3. The van der Waals surface area contributed by atoms with Crippen LogP contribution in [0.3, 0.4) is 0 Å². The number of halogens is 3. The van der Waals surface area contributed by atoms with Crippen molar-refractivity contribution in [3.05, 3.63) is 57.7 Å². The Morgan fingerprint density at radius 3 is 2.88 bits per heavy atom. The zero-order valence-electron chi connectivity index (χ0n) is 12.6. The summed E-state index contributed by atoms with van der Waals surface area (Å²) in [6, 6.07) is 4.32. The van der Waals surface area contributed by atoms with Gasteiger partial charge in [-0.05, 0) is 34.1 Å². The molecule has 1 aromatic carbocycles. The number of benzene rings is 1. The average Bonchev–Trinajstić information content (AvgIpc) is 2.97. The molecule has 9 heteroatoms. The van der Waals surface area contributed by atoms with Crippen molar-refractivity contribution in [2.45, 2.75) is 6.54 Å². The molecule has 0 spiro atoms. The smallest absolute Gasteiger partial charge is 0.229 e. The zero-order valence-corrected chi connectivity index (χ0v) is 14.9. The number of hydrogen-bond donors (Lipinski definition) is 2. The van der Waals surface area contributed by atoms with E-state index in [0.717, 1.165) is 10.0 Å². The van der Waals surface area contributed by atoms with Crippen molar-refractivity contribution in [1.82, 2.24) is 19.7 Å². The second-order valence-electron chi connectivity index (χ2n) is 5.02. The molecule has 0 fully saturated rings. The third kappa shape index (κ3) is 4.01. The van der Waals surface area contributed by atoms with Gasteiger partial charge in [0.2, 0.25) is 5.95 Å². The first-order valence-electron chi connectivity index (χ1n) is 6.97. The highest BCUT2D eigenvalue weighted by Gasteiger charge is 2.07. The van der Waals surface area contributed by atoms with Gasteiger partial charge in [0.15, 0.2) is 0 Å². The van der Waals surface area contributed by atoms with E-state index in [1.807, 2.05) is 13.2 Å². The molecule has 0 saturated carbocycles. The summed E-state index contributed by atoms with van der Waals surface area (Å²) in [5, 5.41) is 10.4. The summed E-state index contributed by atoms with van der Waals surface area (Å²) in [4.78, 5) is 8.58. The Kier molecular flexibility index (Phi) is 4.96. The fourth-order valence-corrected chi connectivity index (χ4v) is 2.52. The topological polar surface area (TPSA) is 67.7 Å². The minimum atomic E-state index is -0.474. The first kappa shape index (κ1) is 16.7. The van der Waals surface area contributed by atoms with Gasteiger partial charge in [0.05, 0.1) is 15.7 Å². The lowest BCUT2D eigenvalue weighted by Gasteiger charge is -2.10. The maximum Gasteiger partial charge on any atom is 0.229 e. The number of nitrogens with zero attached hydrogens (tertiary/aromatic N) is 4. The SMILES string of the molecule is Cn1cc(CNc2nc(Nc3ccc(F)c(Cl)c3)ncc2Br)cn1. The Balaban J connectivity index is 1.74. The third-order valence-electron chi connectivity index (χ3n) is 3.14. The predicted molar refractivity (Wildman–Crippen MR) is 95.0 cm³/mol. The van der Waals surface area contributed by atoms with Gasteiger partial charge in [0.25, 0.3) is 0 Å². The van der Waals surface area contributed by atoms with Gasteiger partial charge >= 0.3 is 0 Å². The van der Waals surface area contributed by atoms with Crippen LogP contribution in [-0.2, 0) is 13.6 Å². The zero-order chi connectivity index (χ0) is 17.1. The highest BCUT2D eigenvalue weighted by molar-refractivity contribution is 9.10. The van der Waals surface area contributed by atoms with Crippen molar-refractivity contribution in [1.29, 1.82) is 0 Å². The molecule has 0 atom stereocenters. The van der Waals surface area contributed by atoms with Crippen LogP contribution in [0.4, 0.5) is 21.8 Å². The second kappa shape index (κ2) is 7.14. The van der Waals surface area contributed by atoms with E-state index in [-0.39, 0.29) is 5.02 Å². The van der Waals surface area contributed by atoms with Crippen LogP contribution < -0.4 is 10.6 Å². The Morgan fingerprint density at radius 1 is 1.33 bits per heavy atom. The van der Waals surface area contributed by atoms with Crippen LogP contribution in [0, 0.1) is 5.82 Å². The minimum Gasteiger partial charge on any atom is -0.365 e. The van der Waals surface area contributed by atoms with Gasteiger partial charge in [-0.1, -0.05) is 11.6 Å². The molecule has 0 unspecified atom stereocenters.